The van der Waals surface area contributed by atoms with Crippen molar-refractivity contribution in [2.24, 2.45) is 0 Å². The lowest BCUT2D eigenvalue weighted by Crippen LogP contribution is -2.10. The highest BCUT2D eigenvalue weighted by Gasteiger charge is 1.91. The molecule has 1 N–H and O–H groups in total. The third-order valence-corrected chi connectivity index (χ3v) is 2.36. The van der Waals surface area contributed by atoms with Crippen molar-refractivity contribution in [2.75, 3.05) is 26.8 Å². The Balaban J connectivity index is 2.78. The highest BCUT2D eigenvalue weighted by Crippen LogP contribution is 2.04. The molecule has 0 fully saturated rings. The molecule has 0 radical (unpaired) electrons. The second kappa shape index (κ2) is 12.9. The van der Waals surface area contributed by atoms with Crippen LogP contribution in [0, 0.1) is 0 Å². The minimum Gasteiger partial charge on any atom is -0.381 e. The maximum absolute atomic E-state index is 5.50. The molecule has 0 aromatic carbocycles. The molecule has 14 heavy (non-hydrogen) atoms. The van der Waals surface area contributed by atoms with Gasteiger partial charge in [-0.3, -0.25) is 0 Å². The molecule has 0 aromatic heterocycles. The first-order chi connectivity index (χ1) is 6.91. The van der Waals surface area contributed by atoms with Crippen LogP contribution in [-0.2, 0) is 4.74 Å². The lowest BCUT2D eigenvalue weighted by atomic mass is 10.1. The molecule has 86 valence electrons. The number of rotatable bonds is 11. The summed E-state index contributed by atoms with van der Waals surface area (Å²) in [7, 11) is 1.98. The SMILES string of the molecule is CCCCCCCCOCCCNC. The van der Waals surface area contributed by atoms with Crippen LogP contribution in [0.15, 0.2) is 0 Å². The lowest BCUT2D eigenvalue weighted by molar-refractivity contribution is 0.128. The topological polar surface area (TPSA) is 21.3 Å². The summed E-state index contributed by atoms with van der Waals surface area (Å²) in [6, 6.07) is 0. The number of ether oxygens (including phenoxy) is 1. The summed E-state index contributed by atoms with van der Waals surface area (Å²) in [4.78, 5) is 0. The van der Waals surface area contributed by atoms with E-state index in [2.05, 4.69) is 12.2 Å². The molecule has 0 saturated carbocycles. The second-order valence-corrected chi connectivity index (χ2v) is 3.84. The van der Waals surface area contributed by atoms with E-state index in [0.717, 1.165) is 26.2 Å². The summed E-state index contributed by atoms with van der Waals surface area (Å²) in [6.45, 7) is 5.19. The number of nitrogens with one attached hydrogen (secondary N) is 1. The first-order valence-electron chi connectivity index (χ1n) is 6.14. The molecule has 0 spiro atoms. The molecule has 0 aliphatic carbocycles. The van der Waals surface area contributed by atoms with Gasteiger partial charge in [0.2, 0.25) is 0 Å². The summed E-state index contributed by atoms with van der Waals surface area (Å²) in [5, 5.41) is 3.11. The summed E-state index contributed by atoms with van der Waals surface area (Å²) in [6.07, 6.45) is 9.22. The molecule has 0 aromatic rings. The maximum Gasteiger partial charge on any atom is 0.0478 e. The molecule has 0 saturated heterocycles. The Morgan fingerprint density at radius 3 is 2.21 bits per heavy atom. The average molecular weight is 201 g/mol. The van der Waals surface area contributed by atoms with Gasteiger partial charge in [0.1, 0.15) is 0 Å². The number of unbranched alkanes of at least 4 members (excludes halogenated alkanes) is 5. The van der Waals surface area contributed by atoms with Crippen molar-refractivity contribution in [2.45, 2.75) is 51.9 Å². The first-order valence-corrected chi connectivity index (χ1v) is 6.14. The van der Waals surface area contributed by atoms with Crippen molar-refractivity contribution >= 4 is 0 Å². The zero-order valence-corrected chi connectivity index (χ0v) is 9.98. The molecule has 0 aliphatic heterocycles. The van der Waals surface area contributed by atoms with Gasteiger partial charge in [-0.1, -0.05) is 39.0 Å². The third kappa shape index (κ3) is 11.9. The van der Waals surface area contributed by atoms with Gasteiger partial charge in [0.15, 0.2) is 0 Å². The van der Waals surface area contributed by atoms with Gasteiger partial charge in [0.25, 0.3) is 0 Å². The summed E-state index contributed by atoms with van der Waals surface area (Å²) >= 11 is 0. The minimum atomic E-state index is 0.912. The Kier molecular flexibility index (Phi) is 12.8. The zero-order valence-electron chi connectivity index (χ0n) is 9.98. The second-order valence-electron chi connectivity index (χ2n) is 3.84. The van der Waals surface area contributed by atoms with Gasteiger partial charge in [-0.15, -0.1) is 0 Å². The van der Waals surface area contributed by atoms with Crippen LogP contribution in [0.1, 0.15) is 51.9 Å². The van der Waals surface area contributed by atoms with E-state index < -0.39 is 0 Å². The summed E-state index contributed by atoms with van der Waals surface area (Å²) < 4.78 is 5.50. The van der Waals surface area contributed by atoms with Crippen LogP contribution in [0.4, 0.5) is 0 Å². The summed E-state index contributed by atoms with van der Waals surface area (Å²) in [5.74, 6) is 0. The van der Waals surface area contributed by atoms with Crippen molar-refractivity contribution in [1.29, 1.82) is 0 Å². The van der Waals surface area contributed by atoms with Crippen LogP contribution < -0.4 is 5.32 Å². The lowest BCUT2D eigenvalue weighted by Gasteiger charge is -2.03. The van der Waals surface area contributed by atoms with E-state index in [4.69, 9.17) is 4.74 Å². The van der Waals surface area contributed by atoms with Crippen LogP contribution >= 0.6 is 0 Å². The molecule has 0 amide bonds. The van der Waals surface area contributed by atoms with Crippen LogP contribution in [0.3, 0.4) is 0 Å². The molecule has 2 heteroatoms. The van der Waals surface area contributed by atoms with Gasteiger partial charge in [-0.25, -0.2) is 0 Å². The van der Waals surface area contributed by atoms with E-state index in [0.29, 0.717) is 0 Å². The molecular weight excluding hydrogens is 174 g/mol. The van der Waals surface area contributed by atoms with Crippen LogP contribution in [0.2, 0.25) is 0 Å². The maximum atomic E-state index is 5.50. The van der Waals surface area contributed by atoms with Gasteiger partial charge in [-0.05, 0) is 26.4 Å². The van der Waals surface area contributed by atoms with Gasteiger partial charge < -0.3 is 10.1 Å². The summed E-state index contributed by atoms with van der Waals surface area (Å²) in [5.41, 5.74) is 0. The van der Waals surface area contributed by atoms with Gasteiger partial charge in [0.05, 0.1) is 0 Å². The Labute approximate surface area is 89.4 Å². The smallest absolute Gasteiger partial charge is 0.0478 e. The van der Waals surface area contributed by atoms with Crippen LogP contribution in [-0.4, -0.2) is 26.8 Å². The number of hydrogen-bond acceptors (Lipinski definition) is 2. The van der Waals surface area contributed by atoms with Gasteiger partial charge in [0, 0.05) is 13.2 Å². The van der Waals surface area contributed by atoms with Crippen molar-refractivity contribution in [3.8, 4) is 0 Å². The van der Waals surface area contributed by atoms with Crippen LogP contribution in [0.5, 0.6) is 0 Å². The molecule has 0 unspecified atom stereocenters. The average Bonchev–Trinajstić information content (AvgIpc) is 2.21. The molecule has 0 rings (SSSR count). The monoisotopic (exact) mass is 201 g/mol. The van der Waals surface area contributed by atoms with E-state index >= 15 is 0 Å². The van der Waals surface area contributed by atoms with E-state index in [1.807, 2.05) is 7.05 Å². The standard InChI is InChI=1S/C12H27NO/c1-3-4-5-6-7-8-11-14-12-9-10-13-2/h13H,3-12H2,1-2H3. The first kappa shape index (κ1) is 13.9. The molecular formula is C12H27NO. The Morgan fingerprint density at radius 1 is 0.857 bits per heavy atom. The van der Waals surface area contributed by atoms with E-state index in [1.165, 1.54) is 38.5 Å². The largest absolute Gasteiger partial charge is 0.381 e. The van der Waals surface area contributed by atoms with Crippen molar-refractivity contribution < 1.29 is 4.74 Å². The number of hydrogen-bond donors (Lipinski definition) is 1. The highest BCUT2D eigenvalue weighted by atomic mass is 16.5. The fourth-order valence-corrected chi connectivity index (χ4v) is 1.44. The van der Waals surface area contributed by atoms with Crippen molar-refractivity contribution in [1.82, 2.24) is 5.32 Å². The Morgan fingerprint density at radius 2 is 1.50 bits per heavy atom. The Bertz CT molecular complexity index is 84.3. The van der Waals surface area contributed by atoms with Crippen LogP contribution in [0.25, 0.3) is 0 Å². The molecule has 0 bridgehead atoms. The van der Waals surface area contributed by atoms with E-state index in [9.17, 15) is 0 Å². The molecule has 0 heterocycles. The predicted octanol–water partition coefficient (Wildman–Crippen LogP) is 2.97. The quantitative estimate of drug-likeness (QED) is 0.519. The highest BCUT2D eigenvalue weighted by molar-refractivity contribution is 4.44. The predicted molar refractivity (Wildman–Crippen MR) is 62.7 cm³/mol. The van der Waals surface area contributed by atoms with Crippen molar-refractivity contribution in [3.63, 3.8) is 0 Å². The minimum absolute atomic E-state index is 0.912. The van der Waals surface area contributed by atoms with Crippen molar-refractivity contribution in [3.05, 3.63) is 0 Å². The normalized spacial score (nSPS) is 10.7. The molecule has 2 nitrogen and oxygen atoms in total. The zero-order chi connectivity index (χ0) is 10.5. The fourth-order valence-electron chi connectivity index (χ4n) is 1.44. The molecule has 0 aliphatic rings. The third-order valence-electron chi connectivity index (χ3n) is 2.36. The van der Waals surface area contributed by atoms with Gasteiger partial charge >= 0.3 is 0 Å². The Hall–Kier alpha value is -0.0800. The molecule has 0 atom stereocenters. The van der Waals surface area contributed by atoms with E-state index in [1.54, 1.807) is 0 Å². The van der Waals surface area contributed by atoms with Gasteiger partial charge in [-0.2, -0.15) is 0 Å². The fraction of sp³-hybridized carbons (Fsp3) is 1.00. The van der Waals surface area contributed by atoms with E-state index in [-0.39, 0.29) is 0 Å².